The molecule has 1 saturated carbocycles. The van der Waals surface area contributed by atoms with Crippen LogP contribution in [0.15, 0.2) is 71.5 Å². The number of benzene rings is 3. The lowest BCUT2D eigenvalue weighted by Gasteiger charge is -2.39. The fraction of sp³-hybridized carbons (Fsp3) is 0.324. The average Bonchev–Trinajstić information content (AvgIpc) is 3.91. The number of Topliss-reactive ketones (excluding diaryl/α,β-unsaturated/α-hetero) is 1. The lowest BCUT2D eigenvalue weighted by atomic mass is 10.1. The van der Waals surface area contributed by atoms with E-state index in [1.165, 1.54) is 47.9 Å². The van der Waals surface area contributed by atoms with Gasteiger partial charge in [0.25, 0.3) is 5.56 Å². The number of piperazine rings is 1. The first-order chi connectivity index (χ1) is 22.2. The summed E-state index contributed by atoms with van der Waals surface area (Å²) in [5, 5.41) is 5.09. The molecule has 3 aromatic carbocycles. The van der Waals surface area contributed by atoms with Crippen LogP contribution < -0.4 is 25.5 Å². The molecule has 46 heavy (non-hydrogen) atoms. The highest BCUT2D eigenvalue weighted by molar-refractivity contribution is 6.04. The fourth-order valence-electron chi connectivity index (χ4n) is 5.81. The Bertz CT molecular complexity index is 1860. The van der Waals surface area contributed by atoms with Crippen LogP contribution in [0.2, 0.25) is 0 Å². The van der Waals surface area contributed by atoms with Gasteiger partial charge in [-0.2, -0.15) is 0 Å². The van der Waals surface area contributed by atoms with Gasteiger partial charge in [-0.3, -0.25) is 19.3 Å². The van der Waals surface area contributed by atoms with E-state index in [2.05, 4.69) is 5.32 Å². The molecule has 0 bridgehead atoms. The number of halogens is 1. The summed E-state index contributed by atoms with van der Waals surface area (Å²) in [7, 11) is 1.46. The minimum atomic E-state index is -0.889. The maximum Gasteiger partial charge on any atom is 0.327 e. The van der Waals surface area contributed by atoms with Gasteiger partial charge in [-0.25, -0.2) is 18.8 Å². The maximum atomic E-state index is 14.2. The maximum absolute atomic E-state index is 14.2. The van der Waals surface area contributed by atoms with Gasteiger partial charge in [0.05, 0.1) is 42.8 Å². The number of carbonyl (C=O) groups excluding carboxylic acids is 3. The fourth-order valence-corrected chi connectivity index (χ4v) is 5.81. The third kappa shape index (κ3) is 6.02. The number of amides is 3. The lowest BCUT2D eigenvalue weighted by Crippen LogP contribution is -2.57. The van der Waals surface area contributed by atoms with Gasteiger partial charge in [0.2, 0.25) is 5.91 Å². The molecule has 1 saturated heterocycles. The third-order valence-electron chi connectivity index (χ3n) is 8.48. The monoisotopic (exact) mass is 626 g/mol. The number of anilines is 2. The minimum Gasteiger partial charge on any atom is -0.495 e. The first-order valence-electron chi connectivity index (χ1n) is 15.3. The zero-order valence-corrected chi connectivity index (χ0v) is 25.9. The Morgan fingerprint density at radius 2 is 1.70 bits per heavy atom. The van der Waals surface area contributed by atoms with Crippen LogP contribution in [-0.4, -0.2) is 65.6 Å². The Balaban J connectivity index is 1.47. The number of ether oxygens (including phenoxy) is 1. The molecule has 1 atom stereocenters. The van der Waals surface area contributed by atoms with Crippen molar-refractivity contribution in [3.63, 3.8) is 0 Å². The third-order valence-corrected chi connectivity index (χ3v) is 8.48. The molecule has 0 spiro atoms. The van der Waals surface area contributed by atoms with Gasteiger partial charge in [0, 0.05) is 30.3 Å². The number of para-hydroxylation sites is 1. The number of aromatic nitrogens is 2. The van der Waals surface area contributed by atoms with Crippen molar-refractivity contribution < 1.29 is 23.5 Å². The molecule has 1 aliphatic carbocycles. The summed E-state index contributed by atoms with van der Waals surface area (Å²) in [6, 6.07) is 15.6. The second kappa shape index (κ2) is 12.6. The molecule has 6 rings (SSSR count). The number of carbonyl (C=O) groups is 3. The van der Waals surface area contributed by atoms with E-state index in [1.54, 1.807) is 49.4 Å². The van der Waals surface area contributed by atoms with E-state index >= 15 is 0 Å². The molecular formula is C34H35FN6O5. The van der Waals surface area contributed by atoms with E-state index in [4.69, 9.17) is 9.72 Å². The predicted octanol–water partition coefficient (Wildman–Crippen LogP) is 4.74. The van der Waals surface area contributed by atoms with Crippen molar-refractivity contribution in [2.75, 3.05) is 48.5 Å². The number of ketones is 1. The van der Waals surface area contributed by atoms with E-state index in [9.17, 15) is 23.6 Å². The number of rotatable bonds is 8. The first-order valence-corrected chi connectivity index (χ1v) is 15.3. The highest BCUT2D eigenvalue weighted by atomic mass is 19.1. The van der Waals surface area contributed by atoms with Crippen LogP contribution in [0, 0.1) is 11.7 Å². The molecule has 1 aromatic heterocycles. The summed E-state index contributed by atoms with van der Waals surface area (Å²) in [5.41, 5.74) is 1.11. The number of hydrogen-bond donors (Lipinski definition) is 1. The van der Waals surface area contributed by atoms with Gasteiger partial charge in [0.15, 0.2) is 11.6 Å². The molecule has 238 valence electrons. The summed E-state index contributed by atoms with van der Waals surface area (Å²) in [6.07, 6.45) is 1.83. The van der Waals surface area contributed by atoms with E-state index in [0.29, 0.717) is 54.1 Å². The zero-order chi connectivity index (χ0) is 32.5. The largest absolute Gasteiger partial charge is 0.495 e. The van der Waals surface area contributed by atoms with Crippen LogP contribution in [0.1, 0.15) is 48.9 Å². The van der Waals surface area contributed by atoms with Gasteiger partial charge in [-0.05, 0) is 81.3 Å². The number of hydrogen-bond acceptors (Lipinski definition) is 7. The molecule has 0 radical (unpaired) electrons. The standard InChI is InChI=1S/C34H35FN6O5/c1-21(40(34(45)36-26-13-11-25(35)12-14-26)29-20-24(22(2)42)10-15-30(29)46-3)31-37-28-7-5-4-6-27(28)33(44)41(31)39-18-16-38(17-19-39)32(43)23-8-9-23/h4-7,10-15,20-21,23H,8-9,16-19H2,1-3H3,(H,36,45). The van der Waals surface area contributed by atoms with E-state index in [1.807, 2.05) is 9.91 Å². The molecule has 4 aromatic rings. The summed E-state index contributed by atoms with van der Waals surface area (Å²) in [4.78, 5) is 61.7. The predicted molar refractivity (Wildman–Crippen MR) is 173 cm³/mol. The summed E-state index contributed by atoms with van der Waals surface area (Å²) in [5.74, 6) is 0.166. The van der Waals surface area contributed by atoms with Crippen LogP contribution in [0.3, 0.4) is 0 Å². The number of urea groups is 1. The highest BCUT2D eigenvalue weighted by Crippen LogP contribution is 2.36. The molecule has 2 aliphatic rings. The molecule has 1 N–H and O–H groups in total. The Kier molecular flexibility index (Phi) is 8.44. The summed E-state index contributed by atoms with van der Waals surface area (Å²) >= 11 is 0. The van der Waals surface area contributed by atoms with Crippen LogP contribution in [-0.2, 0) is 4.79 Å². The van der Waals surface area contributed by atoms with Crippen molar-refractivity contribution >= 4 is 40.0 Å². The van der Waals surface area contributed by atoms with Crippen molar-refractivity contribution in [2.45, 2.75) is 32.7 Å². The molecule has 1 unspecified atom stereocenters. The van der Waals surface area contributed by atoms with Crippen LogP contribution >= 0.6 is 0 Å². The Morgan fingerprint density at radius 1 is 1.00 bits per heavy atom. The van der Waals surface area contributed by atoms with Crippen molar-refractivity contribution in [2.24, 2.45) is 5.92 Å². The number of nitrogens with zero attached hydrogens (tertiary/aromatic N) is 5. The number of fused-ring (bicyclic) bond motifs is 1. The highest BCUT2D eigenvalue weighted by Gasteiger charge is 2.36. The van der Waals surface area contributed by atoms with Gasteiger partial charge in [0.1, 0.15) is 11.6 Å². The quantitative estimate of drug-likeness (QED) is 0.281. The molecule has 11 nitrogen and oxygen atoms in total. The zero-order valence-electron chi connectivity index (χ0n) is 25.9. The smallest absolute Gasteiger partial charge is 0.327 e. The normalized spacial score (nSPS) is 15.4. The SMILES string of the molecule is COc1ccc(C(C)=O)cc1N(C(=O)Nc1ccc(F)cc1)C(C)c1nc2ccccc2c(=O)n1N1CCN(C(=O)C2CC2)CC1. The van der Waals surface area contributed by atoms with Crippen molar-refractivity contribution in [3.8, 4) is 5.75 Å². The van der Waals surface area contributed by atoms with Gasteiger partial charge < -0.3 is 20.0 Å². The summed E-state index contributed by atoms with van der Waals surface area (Å²) in [6.45, 7) is 4.85. The van der Waals surface area contributed by atoms with Gasteiger partial charge in [-0.1, -0.05) is 12.1 Å². The van der Waals surface area contributed by atoms with E-state index in [0.717, 1.165) is 12.8 Å². The number of nitrogens with one attached hydrogen (secondary N) is 1. The van der Waals surface area contributed by atoms with Crippen molar-refractivity contribution in [1.82, 2.24) is 14.6 Å². The van der Waals surface area contributed by atoms with Crippen LogP contribution in [0.4, 0.5) is 20.6 Å². The first kappa shape index (κ1) is 30.8. The van der Waals surface area contributed by atoms with Crippen LogP contribution in [0.25, 0.3) is 10.9 Å². The molecule has 2 heterocycles. The topological polar surface area (TPSA) is 117 Å². The van der Waals surface area contributed by atoms with Crippen LogP contribution in [0.5, 0.6) is 5.75 Å². The second-order valence-electron chi connectivity index (χ2n) is 11.6. The minimum absolute atomic E-state index is 0.0983. The van der Waals surface area contributed by atoms with E-state index < -0.39 is 17.9 Å². The lowest BCUT2D eigenvalue weighted by molar-refractivity contribution is -0.133. The molecule has 1 aliphatic heterocycles. The van der Waals surface area contributed by atoms with Gasteiger partial charge in [-0.15, -0.1) is 0 Å². The molecule has 2 fully saturated rings. The van der Waals surface area contributed by atoms with Gasteiger partial charge >= 0.3 is 6.03 Å². The molecule has 12 heteroatoms. The van der Waals surface area contributed by atoms with Crippen molar-refractivity contribution in [1.29, 1.82) is 0 Å². The average molecular weight is 627 g/mol. The van der Waals surface area contributed by atoms with E-state index in [-0.39, 0.29) is 34.7 Å². The number of methoxy groups -OCH3 is 1. The summed E-state index contributed by atoms with van der Waals surface area (Å²) < 4.78 is 20.8. The Morgan fingerprint density at radius 3 is 2.35 bits per heavy atom. The second-order valence-corrected chi connectivity index (χ2v) is 11.6. The Labute approximate surface area is 265 Å². The molecular weight excluding hydrogens is 591 g/mol. The molecule has 3 amide bonds. The van der Waals surface area contributed by atoms with Crippen molar-refractivity contribution in [3.05, 3.63) is 94.3 Å². The Hall–Kier alpha value is -5.26.